The van der Waals surface area contributed by atoms with Crippen LogP contribution in [0.5, 0.6) is 0 Å². The number of hydrogen-bond donors (Lipinski definition) is 2. The highest BCUT2D eigenvalue weighted by molar-refractivity contribution is 7.98. The van der Waals surface area contributed by atoms with E-state index in [4.69, 9.17) is 0 Å². The van der Waals surface area contributed by atoms with Crippen LogP contribution in [0.25, 0.3) is 0 Å². The predicted molar refractivity (Wildman–Crippen MR) is 130 cm³/mol. The van der Waals surface area contributed by atoms with Gasteiger partial charge in [-0.05, 0) is 36.2 Å². The number of pyridine rings is 1. The van der Waals surface area contributed by atoms with Gasteiger partial charge in [0, 0.05) is 17.6 Å². The van der Waals surface area contributed by atoms with Crippen LogP contribution in [0.1, 0.15) is 24.1 Å². The van der Waals surface area contributed by atoms with E-state index in [2.05, 4.69) is 25.7 Å². The van der Waals surface area contributed by atoms with E-state index in [0.717, 1.165) is 5.56 Å². The van der Waals surface area contributed by atoms with E-state index in [0.29, 0.717) is 39.4 Å². The molecule has 5 rings (SSSR count). The van der Waals surface area contributed by atoms with Crippen LogP contribution in [0.2, 0.25) is 0 Å². The minimum absolute atomic E-state index is 0.256. The molecule has 1 atom stereocenters. The fraction of sp³-hybridized carbons (Fsp3) is 0.120. The molecule has 170 valence electrons. The predicted octanol–water partition coefficient (Wildman–Crippen LogP) is 5.03. The van der Waals surface area contributed by atoms with Crippen molar-refractivity contribution < 1.29 is 9.18 Å². The summed E-state index contributed by atoms with van der Waals surface area (Å²) >= 11 is 1.34. The van der Waals surface area contributed by atoms with E-state index >= 15 is 0 Å². The molecule has 0 saturated heterocycles. The van der Waals surface area contributed by atoms with Crippen molar-refractivity contribution in [2.45, 2.75) is 23.9 Å². The van der Waals surface area contributed by atoms with Gasteiger partial charge in [0.25, 0.3) is 5.91 Å². The summed E-state index contributed by atoms with van der Waals surface area (Å²) in [5.74, 6) is 0.410. The van der Waals surface area contributed by atoms with Gasteiger partial charge in [-0.25, -0.2) is 9.07 Å². The maximum absolute atomic E-state index is 14.0. The maximum Gasteiger partial charge on any atom is 0.255 e. The van der Waals surface area contributed by atoms with E-state index in [1.54, 1.807) is 47.4 Å². The van der Waals surface area contributed by atoms with E-state index in [9.17, 15) is 9.18 Å². The number of halogens is 1. The van der Waals surface area contributed by atoms with Crippen LogP contribution in [0, 0.1) is 5.82 Å². The van der Waals surface area contributed by atoms with Crippen molar-refractivity contribution in [1.82, 2.24) is 19.7 Å². The number of benzene rings is 2. The van der Waals surface area contributed by atoms with Gasteiger partial charge in [-0.15, -0.1) is 5.10 Å². The van der Waals surface area contributed by atoms with Crippen LogP contribution in [0.15, 0.2) is 95.6 Å². The lowest BCUT2D eigenvalue weighted by Gasteiger charge is -2.28. The lowest BCUT2D eigenvalue weighted by atomic mass is 9.95. The summed E-state index contributed by atoms with van der Waals surface area (Å²) in [4.78, 5) is 22.1. The molecule has 1 amide bonds. The molecule has 0 bridgehead atoms. The first kappa shape index (κ1) is 21.8. The number of thioether (sulfide) groups is 1. The molecular formula is C25H21FN6OS. The van der Waals surface area contributed by atoms with Crippen LogP contribution in [-0.4, -0.2) is 25.7 Å². The Balaban J connectivity index is 1.48. The lowest BCUT2D eigenvalue weighted by Crippen LogP contribution is -2.31. The van der Waals surface area contributed by atoms with Crippen LogP contribution >= 0.6 is 11.8 Å². The highest BCUT2D eigenvalue weighted by Gasteiger charge is 2.34. The first-order valence-electron chi connectivity index (χ1n) is 10.7. The molecule has 2 aromatic heterocycles. The summed E-state index contributed by atoms with van der Waals surface area (Å²) in [6, 6.07) is 19.4. The van der Waals surface area contributed by atoms with Gasteiger partial charge in [0.2, 0.25) is 11.1 Å². The normalized spacial score (nSPS) is 14.9. The fourth-order valence-corrected chi connectivity index (χ4v) is 4.64. The summed E-state index contributed by atoms with van der Waals surface area (Å²) in [6.45, 7) is 1.85. The number of amides is 1. The lowest BCUT2D eigenvalue weighted by molar-refractivity contribution is -0.113. The van der Waals surface area contributed by atoms with Crippen molar-refractivity contribution in [2.24, 2.45) is 0 Å². The minimum atomic E-state index is -0.482. The van der Waals surface area contributed by atoms with Crippen LogP contribution in [0.4, 0.5) is 16.0 Å². The summed E-state index contributed by atoms with van der Waals surface area (Å²) in [7, 11) is 0. The average molecular weight is 473 g/mol. The minimum Gasteiger partial charge on any atom is -0.328 e. The van der Waals surface area contributed by atoms with Crippen molar-refractivity contribution in [1.29, 1.82) is 0 Å². The second-order valence-electron chi connectivity index (χ2n) is 7.72. The number of anilines is 2. The summed E-state index contributed by atoms with van der Waals surface area (Å²) < 4.78 is 15.8. The van der Waals surface area contributed by atoms with Gasteiger partial charge in [0.05, 0.1) is 17.5 Å². The monoisotopic (exact) mass is 472 g/mol. The van der Waals surface area contributed by atoms with Gasteiger partial charge < -0.3 is 10.6 Å². The summed E-state index contributed by atoms with van der Waals surface area (Å²) in [5.41, 5.74) is 3.29. The standard InChI is InChI=1S/C25H21FN6OS/c1-16-21(23(33)29-19-11-7-13-27-14-19)22(17-8-3-2-4-9-17)32-24(28-16)30-25(31-32)34-15-18-10-5-6-12-20(18)26/h2-14,22H,15H2,1H3,(H,29,33)(H,28,30,31)/t22-/m0/s1. The molecule has 0 spiro atoms. The summed E-state index contributed by atoms with van der Waals surface area (Å²) in [6.07, 6.45) is 3.25. The third kappa shape index (κ3) is 4.42. The Morgan fingerprint density at radius 3 is 2.68 bits per heavy atom. The Morgan fingerprint density at radius 2 is 1.91 bits per heavy atom. The largest absolute Gasteiger partial charge is 0.328 e. The molecular weight excluding hydrogens is 451 g/mol. The van der Waals surface area contributed by atoms with Crippen molar-refractivity contribution >= 4 is 29.3 Å². The molecule has 0 unspecified atom stereocenters. The quantitative estimate of drug-likeness (QED) is 0.383. The molecule has 0 saturated carbocycles. The topological polar surface area (TPSA) is 84.7 Å². The Labute approximate surface area is 200 Å². The third-order valence-electron chi connectivity index (χ3n) is 5.43. The first-order chi connectivity index (χ1) is 16.6. The van der Waals surface area contributed by atoms with Gasteiger partial charge in [0.1, 0.15) is 11.9 Å². The molecule has 1 aliphatic heterocycles. The number of nitrogens with one attached hydrogen (secondary N) is 2. The molecule has 4 aromatic rings. The maximum atomic E-state index is 14.0. The van der Waals surface area contributed by atoms with Gasteiger partial charge in [-0.1, -0.05) is 60.3 Å². The number of fused-ring (bicyclic) bond motifs is 1. The third-order valence-corrected chi connectivity index (χ3v) is 6.31. The van der Waals surface area contributed by atoms with E-state index in [1.807, 2.05) is 37.3 Å². The molecule has 0 aliphatic carbocycles. The molecule has 1 aliphatic rings. The fourth-order valence-electron chi connectivity index (χ4n) is 3.82. The number of carbonyl (C=O) groups excluding carboxylic acids is 1. The zero-order chi connectivity index (χ0) is 23.5. The SMILES string of the molecule is CC1=C(C(=O)Nc2cccnc2)[C@H](c2ccccc2)n2nc(SCc3ccccc3F)nc2N1. The molecule has 7 nitrogen and oxygen atoms in total. The summed E-state index contributed by atoms with van der Waals surface area (Å²) in [5, 5.41) is 11.3. The number of aromatic nitrogens is 4. The van der Waals surface area contributed by atoms with Gasteiger partial charge in [0.15, 0.2) is 0 Å². The number of allylic oxidation sites excluding steroid dienone is 1. The van der Waals surface area contributed by atoms with E-state index in [-0.39, 0.29) is 11.7 Å². The number of hydrogen-bond acceptors (Lipinski definition) is 6. The molecule has 0 fully saturated rings. The first-order valence-corrected chi connectivity index (χ1v) is 11.7. The molecule has 2 N–H and O–H groups in total. The van der Waals surface area contributed by atoms with Gasteiger partial charge >= 0.3 is 0 Å². The molecule has 0 radical (unpaired) electrons. The van der Waals surface area contributed by atoms with Gasteiger partial charge in [-0.2, -0.15) is 4.98 Å². The van der Waals surface area contributed by atoms with Crippen molar-refractivity contribution in [2.75, 3.05) is 10.6 Å². The second kappa shape index (κ2) is 9.48. The van der Waals surface area contributed by atoms with Crippen LogP contribution in [-0.2, 0) is 10.5 Å². The van der Waals surface area contributed by atoms with E-state index in [1.165, 1.54) is 17.8 Å². The molecule has 9 heteroatoms. The van der Waals surface area contributed by atoms with Gasteiger partial charge in [-0.3, -0.25) is 9.78 Å². The number of nitrogens with zero attached hydrogens (tertiary/aromatic N) is 4. The van der Waals surface area contributed by atoms with Crippen molar-refractivity contribution in [3.63, 3.8) is 0 Å². The number of carbonyl (C=O) groups is 1. The molecule has 3 heterocycles. The highest BCUT2D eigenvalue weighted by atomic mass is 32.2. The molecule has 34 heavy (non-hydrogen) atoms. The van der Waals surface area contributed by atoms with E-state index < -0.39 is 6.04 Å². The number of rotatable bonds is 6. The Bertz CT molecular complexity index is 1360. The second-order valence-corrected chi connectivity index (χ2v) is 8.66. The molecule has 2 aromatic carbocycles. The zero-order valence-corrected chi connectivity index (χ0v) is 19.1. The van der Waals surface area contributed by atoms with Crippen LogP contribution < -0.4 is 10.6 Å². The highest BCUT2D eigenvalue weighted by Crippen LogP contribution is 2.37. The smallest absolute Gasteiger partial charge is 0.255 e. The van der Waals surface area contributed by atoms with Crippen molar-refractivity contribution in [3.8, 4) is 0 Å². The zero-order valence-electron chi connectivity index (χ0n) is 18.3. The van der Waals surface area contributed by atoms with Crippen molar-refractivity contribution in [3.05, 3.63) is 107 Å². The Morgan fingerprint density at radius 1 is 1.12 bits per heavy atom. The Kier molecular flexibility index (Phi) is 6.09. The van der Waals surface area contributed by atoms with Crippen LogP contribution in [0.3, 0.4) is 0 Å². The average Bonchev–Trinajstić information content (AvgIpc) is 3.26. The Hall–Kier alpha value is -3.98.